The van der Waals surface area contributed by atoms with Gasteiger partial charge in [0.1, 0.15) is 0 Å². The molecular weight excluding hydrogens is 208 g/mol. The predicted molar refractivity (Wildman–Crippen MR) is 66.6 cm³/mol. The second kappa shape index (κ2) is 3.52. The Morgan fingerprint density at radius 3 is 2.07 bits per heavy atom. The van der Waals surface area contributed by atoms with E-state index in [2.05, 4.69) is 39.1 Å². The van der Waals surface area contributed by atoms with Crippen LogP contribution in [0.4, 0.5) is 0 Å². The maximum atomic E-state index is 2.23. The van der Waals surface area contributed by atoms with Crippen molar-refractivity contribution in [1.29, 1.82) is 0 Å². The van der Waals surface area contributed by atoms with Gasteiger partial charge in [0.25, 0.3) is 0 Å². The molecule has 0 saturated heterocycles. The Morgan fingerprint density at radius 2 is 1.64 bits per heavy atom. The van der Waals surface area contributed by atoms with Gasteiger partial charge in [-0.2, -0.15) is 0 Å². The predicted octanol–water partition coefficient (Wildman–Crippen LogP) is 4.71. The van der Waals surface area contributed by atoms with Crippen LogP contribution in [0.2, 0.25) is 0 Å². The van der Waals surface area contributed by atoms with Gasteiger partial charge in [0, 0.05) is 14.6 Å². The first-order valence-electron chi connectivity index (χ1n) is 4.72. The summed E-state index contributed by atoms with van der Waals surface area (Å²) in [6.45, 7) is 8.84. The Hall–Kier alpha value is -0.600. The third-order valence-electron chi connectivity index (χ3n) is 2.75. The molecule has 0 fully saturated rings. The molecule has 2 heterocycles. The van der Waals surface area contributed by atoms with Gasteiger partial charge in [-0.15, -0.1) is 22.7 Å². The molecule has 2 rings (SSSR count). The van der Waals surface area contributed by atoms with Crippen molar-refractivity contribution in [2.45, 2.75) is 27.7 Å². The molecule has 0 nitrogen and oxygen atoms in total. The van der Waals surface area contributed by atoms with E-state index in [0.29, 0.717) is 0 Å². The van der Waals surface area contributed by atoms with Crippen LogP contribution >= 0.6 is 22.7 Å². The Morgan fingerprint density at radius 1 is 0.929 bits per heavy atom. The molecule has 14 heavy (non-hydrogen) atoms. The van der Waals surface area contributed by atoms with Crippen molar-refractivity contribution in [1.82, 2.24) is 0 Å². The Bertz CT molecular complexity index is 461. The van der Waals surface area contributed by atoms with Gasteiger partial charge >= 0.3 is 0 Å². The molecule has 0 spiro atoms. The van der Waals surface area contributed by atoms with E-state index >= 15 is 0 Å². The lowest BCUT2D eigenvalue weighted by molar-refractivity contribution is 1.35. The van der Waals surface area contributed by atoms with Crippen LogP contribution in [-0.4, -0.2) is 0 Å². The lowest BCUT2D eigenvalue weighted by atomic mass is 10.1. The summed E-state index contributed by atoms with van der Waals surface area (Å²) in [5.74, 6) is 0. The fraction of sp³-hybridized carbons (Fsp3) is 0.333. The maximum absolute atomic E-state index is 2.23. The molecule has 0 radical (unpaired) electrons. The molecule has 0 aliphatic heterocycles. The molecule has 0 amide bonds. The monoisotopic (exact) mass is 222 g/mol. The molecule has 0 unspecified atom stereocenters. The highest BCUT2D eigenvalue weighted by atomic mass is 32.1. The lowest BCUT2D eigenvalue weighted by Gasteiger charge is -1.97. The van der Waals surface area contributed by atoms with Crippen LogP contribution in [0.15, 0.2) is 11.4 Å². The van der Waals surface area contributed by atoms with Crippen molar-refractivity contribution >= 4 is 22.7 Å². The molecule has 0 saturated carbocycles. The molecule has 74 valence electrons. The van der Waals surface area contributed by atoms with E-state index in [9.17, 15) is 0 Å². The fourth-order valence-corrected chi connectivity index (χ4v) is 3.93. The van der Waals surface area contributed by atoms with Gasteiger partial charge < -0.3 is 0 Å². The number of hydrogen-bond acceptors (Lipinski definition) is 2. The lowest BCUT2D eigenvalue weighted by Crippen LogP contribution is -1.77. The molecule has 0 N–H and O–H groups in total. The molecule has 2 heteroatoms. The SMILES string of the molecule is Cc1ccsc1-c1sc(C)c(C)c1C. The van der Waals surface area contributed by atoms with Gasteiger partial charge in [-0.25, -0.2) is 0 Å². The molecule has 0 aliphatic carbocycles. The Balaban J connectivity index is 2.63. The first-order chi connectivity index (χ1) is 6.61. The minimum Gasteiger partial charge on any atom is -0.143 e. The van der Waals surface area contributed by atoms with Crippen molar-refractivity contribution in [3.8, 4) is 9.75 Å². The first kappa shape index (κ1) is 9.94. The van der Waals surface area contributed by atoms with Gasteiger partial charge in [0.05, 0.1) is 0 Å². The third-order valence-corrected chi connectivity index (χ3v) is 5.24. The number of thiophene rings is 2. The van der Waals surface area contributed by atoms with Crippen molar-refractivity contribution < 1.29 is 0 Å². The summed E-state index contributed by atoms with van der Waals surface area (Å²) >= 11 is 3.77. The summed E-state index contributed by atoms with van der Waals surface area (Å²) in [6.07, 6.45) is 0. The third kappa shape index (κ3) is 1.43. The molecule has 0 bridgehead atoms. The van der Waals surface area contributed by atoms with Crippen LogP contribution < -0.4 is 0 Å². The van der Waals surface area contributed by atoms with Crippen LogP contribution in [0.1, 0.15) is 21.6 Å². The number of aryl methyl sites for hydroxylation is 2. The second-order valence-electron chi connectivity index (χ2n) is 3.67. The van der Waals surface area contributed by atoms with E-state index in [0.717, 1.165) is 0 Å². The van der Waals surface area contributed by atoms with Gasteiger partial charge in [-0.3, -0.25) is 0 Å². The van der Waals surface area contributed by atoms with Crippen molar-refractivity contribution in [3.63, 3.8) is 0 Å². The van der Waals surface area contributed by atoms with Gasteiger partial charge in [-0.05, 0) is 55.8 Å². The summed E-state index contributed by atoms with van der Waals surface area (Å²) < 4.78 is 0. The largest absolute Gasteiger partial charge is 0.143 e. The molecule has 0 aromatic carbocycles. The van der Waals surface area contributed by atoms with Gasteiger partial charge in [0.2, 0.25) is 0 Å². The van der Waals surface area contributed by atoms with Gasteiger partial charge in [0.15, 0.2) is 0 Å². The quantitative estimate of drug-likeness (QED) is 0.655. The highest BCUT2D eigenvalue weighted by Crippen LogP contribution is 2.39. The van der Waals surface area contributed by atoms with E-state index in [1.165, 1.54) is 31.3 Å². The summed E-state index contributed by atoms with van der Waals surface area (Å²) in [6, 6.07) is 2.20. The molecular formula is C12H14S2. The fourth-order valence-electron chi connectivity index (χ4n) is 1.56. The van der Waals surface area contributed by atoms with Crippen LogP contribution in [0.5, 0.6) is 0 Å². The Labute approximate surface area is 93.2 Å². The van der Waals surface area contributed by atoms with E-state index in [1.54, 1.807) is 0 Å². The topological polar surface area (TPSA) is 0 Å². The smallest absolute Gasteiger partial charge is 0.0479 e. The minimum absolute atomic E-state index is 1.40. The first-order valence-corrected chi connectivity index (χ1v) is 6.42. The second-order valence-corrected chi connectivity index (χ2v) is 5.81. The summed E-state index contributed by atoms with van der Waals surface area (Å²) in [5, 5.41) is 2.18. The highest BCUT2D eigenvalue weighted by Gasteiger charge is 2.12. The molecule has 0 atom stereocenters. The van der Waals surface area contributed by atoms with Crippen LogP contribution in [0.25, 0.3) is 9.75 Å². The van der Waals surface area contributed by atoms with E-state index in [-0.39, 0.29) is 0 Å². The van der Waals surface area contributed by atoms with Crippen molar-refractivity contribution in [2.24, 2.45) is 0 Å². The molecule has 0 aliphatic rings. The maximum Gasteiger partial charge on any atom is 0.0479 e. The number of rotatable bonds is 1. The average molecular weight is 222 g/mol. The van der Waals surface area contributed by atoms with Crippen molar-refractivity contribution in [2.75, 3.05) is 0 Å². The standard InChI is InChI=1S/C12H14S2/c1-7-5-6-13-11(7)12-9(3)8(2)10(4)14-12/h5-6H,1-4H3. The molecule has 2 aromatic heterocycles. The van der Waals surface area contributed by atoms with Crippen LogP contribution in [-0.2, 0) is 0 Å². The summed E-state index contributed by atoms with van der Waals surface area (Å²) in [4.78, 5) is 4.36. The minimum atomic E-state index is 1.40. The highest BCUT2D eigenvalue weighted by molar-refractivity contribution is 7.21. The van der Waals surface area contributed by atoms with E-state index in [4.69, 9.17) is 0 Å². The normalized spacial score (nSPS) is 10.9. The zero-order valence-electron chi connectivity index (χ0n) is 8.97. The van der Waals surface area contributed by atoms with Gasteiger partial charge in [-0.1, -0.05) is 0 Å². The van der Waals surface area contributed by atoms with Crippen LogP contribution in [0, 0.1) is 27.7 Å². The molecule has 2 aromatic rings. The zero-order chi connectivity index (χ0) is 10.3. The van der Waals surface area contributed by atoms with Crippen LogP contribution in [0.3, 0.4) is 0 Å². The van der Waals surface area contributed by atoms with E-state index in [1.807, 2.05) is 22.7 Å². The summed E-state index contributed by atoms with van der Waals surface area (Å²) in [5.41, 5.74) is 4.32. The Kier molecular flexibility index (Phi) is 2.50. The zero-order valence-corrected chi connectivity index (χ0v) is 10.6. The number of hydrogen-bond donors (Lipinski definition) is 0. The average Bonchev–Trinajstić information content (AvgIpc) is 2.66. The summed E-state index contributed by atoms with van der Waals surface area (Å²) in [7, 11) is 0. The van der Waals surface area contributed by atoms with E-state index < -0.39 is 0 Å². The van der Waals surface area contributed by atoms with Crippen molar-refractivity contribution in [3.05, 3.63) is 33.0 Å².